The fraction of sp³-hybridized carbons (Fsp3) is 0.600. The molecule has 4 nitrogen and oxygen atoms in total. The van der Waals surface area contributed by atoms with Crippen molar-refractivity contribution in [1.82, 2.24) is 5.48 Å². The van der Waals surface area contributed by atoms with Gasteiger partial charge in [0.1, 0.15) is 18.9 Å². The second-order valence-electron chi connectivity index (χ2n) is 4.26. The standard InChI is InChI=1S/C10H19N2O2/c1-12(2,3)6-8-14-11-9-10-5-4-7-13-10/h4-5,7,11H,6,8-9H2,1-3H3/q+1. The van der Waals surface area contributed by atoms with E-state index < -0.39 is 0 Å². The molecule has 0 atom stereocenters. The predicted molar refractivity (Wildman–Crippen MR) is 54.4 cm³/mol. The average molecular weight is 199 g/mol. The Labute approximate surface area is 85.0 Å². The molecule has 0 radical (unpaired) electrons. The average Bonchev–Trinajstić information content (AvgIpc) is 2.54. The van der Waals surface area contributed by atoms with Crippen LogP contribution in [-0.2, 0) is 11.4 Å². The Bertz CT molecular complexity index is 239. The molecule has 0 spiro atoms. The van der Waals surface area contributed by atoms with Gasteiger partial charge in [-0.15, -0.1) is 0 Å². The molecule has 80 valence electrons. The Morgan fingerprint density at radius 3 is 2.79 bits per heavy atom. The molecule has 1 rings (SSSR count). The maximum Gasteiger partial charge on any atom is 0.119 e. The van der Waals surface area contributed by atoms with Gasteiger partial charge in [0.05, 0.1) is 34.0 Å². The van der Waals surface area contributed by atoms with Crippen molar-refractivity contribution in [3.05, 3.63) is 24.2 Å². The highest BCUT2D eigenvalue weighted by Crippen LogP contribution is 1.98. The second kappa shape index (κ2) is 5.14. The lowest BCUT2D eigenvalue weighted by Gasteiger charge is -2.23. The lowest BCUT2D eigenvalue weighted by Crippen LogP contribution is -2.38. The van der Waals surface area contributed by atoms with Gasteiger partial charge >= 0.3 is 0 Å². The van der Waals surface area contributed by atoms with Crippen molar-refractivity contribution in [2.45, 2.75) is 6.54 Å². The first-order valence-corrected chi connectivity index (χ1v) is 4.75. The first-order chi connectivity index (χ1) is 6.58. The van der Waals surface area contributed by atoms with Crippen molar-refractivity contribution in [3.8, 4) is 0 Å². The van der Waals surface area contributed by atoms with E-state index in [2.05, 4.69) is 26.6 Å². The molecule has 1 aromatic rings. The van der Waals surface area contributed by atoms with Gasteiger partial charge < -0.3 is 8.90 Å². The van der Waals surface area contributed by atoms with E-state index in [1.165, 1.54) is 0 Å². The summed E-state index contributed by atoms with van der Waals surface area (Å²) in [5, 5.41) is 0. The Kier molecular flexibility index (Phi) is 4.13. The molecule has 0 saturated heterocycles. The number of hydrogen-bond acceptors (Lipinski definition) is 3. The first-order valence-electron chi connectivity index (χ1n) is 4.75. The quantitative estimate of drug-likeness (QED) is 0.422. The minimum absolute atomic E-state index is 0.615. The molecule has 4 heteroatoms. The Balaban J connectivity index is 2.00. The van der Waals surface area contributed by atoms with Crippen LogP contribution in [0.5, 0.6) is 0 Å². The molecule has 0 aliphatic rings. The number of nitrogens with zero attached hydrogens (tertiary/aromatic N) is 1. The van der Waals surface area contributed by atoms with E-state index in [9.17, 15) is 0 Å². The van der Waals surface area contributed by atoms with Crippen molar-refractivity contribution in [3.63, 3.8) is 0 Å². The smallest absolute Gasteiger partial charge is 0.119 e. The third kappa shape index (κ3) is 5.01. The molecule has 1 N–H and O–H groups in total. The van der Waals surface area contributed by atoms with Crippen LogP contribution in [0.4, 0.5) is 0 Å². The van der Waals surface area contributed by atoms with Gasteiger partial charge in [-0.25, -0.2) is 0 Å². The van der Waals surface area contributed by atoms with E-state index in [0.29, 0.717) is 13.2 Å². The number of rotatable bonds is 6. The lowest BCUT2D eigenvalue weighted by atomic mass is 10.5. The number of nitrogens with one attached hydrogen (secondary N) is 1. The van der Waals surface area contributed by atoms with Gasteiger partial charge in [0.25, 0.3) is 0 Å². The van der Waals surface area contributed by atoms with Crippen LogP contribution >= 0.6 is 0 Å². The van der Waals surface area contributed by atoms with Crippen LogP contribution in [0, 0.1) is 0 Å². The molecule has 0 aliphatic heterocycles. The molecule has 0 saturated carbocycles. The lowest BCUT2D eigenvalue weighted by molar-refractivity contribution is -0.871. The Morgan fingerprint density at radius 1 is 1.43 bits per heavy atom. The highest BCUT2D eigenvalue weighted by atomic mass is 16.6. The summed E-state index contributed by atoms with van der Waals surface area (Å²) in [7, 11) is 6.40. The van der Waals surface area contributed by atoms with Gasteiger partial charge in [0.15, 0.2) is 0 Å². The second-order valence-corrected chi connectivity index (χ2v) is 4.26. The molecule has 1 heterocycles. The summed E-state index contributed by atoms with van der Waals surface area (Å²) < 4.78 is 6.04. The maximum atomic E-state index is 5.26. The molecule has 0 fully saturated rings. The zero-order valence-corrected chi connectivity index (χ0v) is 9.12. The summed E-state index contributed by atoms with van der Waals surface area (Å²) in [6, 6.07) is 3.78. The van der Waals surface area contributed by atoms with E-state index in [1.807, 2.05) is 12.1 Å². The van der Waals surface area contributed by atoms with E-state index >= 15 is 0 Å². The number of quaternary nitrogens is 1. The molecular formula is C10H19N2O2+. The zero-order chi connectivity index (χ0) is 10.4. The number of likely N-dealkylation sites (N-methyl/N-ethyl adjacent to an activating group) is 1. The van der Waals surface area contributed by atoms with Crippen LogP contribution in [0.2, 0.25) is 0 Å². The van der Waals surface area contributed by atoms with Crippen molar-refractivity contribution < 1.29 is 13.7 Å². The fourth-order valence-electron chi connectivity index (χ4n) is 0.927. The summed E-state index contributed by atoms with van der Waals surface area (Å²) in [5.74, 6) is 0.884. The number of furan rings is 1. The molecule has 0 amide bonds. The van der Waals surface area contributed by atoms with Gasteiger partial charge in [-0.1, -0.05) is 0 Å². The highest BCUT2D eigenvalue weighted by molar-refractivity contribution is 4.96. The SMILES string of the molecule is C[N+](C)(C)CCONCc1ccco1. The van der Waals surface area contributed by atoms with E-state index in [0.717, 1.165) is 16.8 Å². The predicted octanol–water partition coefficient (Wildman–Crippen LogP) is 1.01. The summed E-state index contributed by atoms with van der Waals surface area (Å²) in [4.78, 5) is 5.26. The largest absolute Gasteiger partial charge is 0.468 e. The third-order valence-electron chi connectivity index (χ3n) is 1.79. The molecule has 0 aliphatic carbocycles. The minimum atomic E-state index is 0.615. The fourth-order valence-corrected chi connectivity index (χ4v) is 0.927. The Morgan fingerprint density at radius 2 is 2.21 bits per heavy atom. The van der Waals surface area contributed by atoms with Gasteiger partial charge in [0.2, 0.25) is 0 Å². The van der Waals surface area contributed by atoms with E-state index in [1.54, 1.807) is 6.26 Å². The van der Waals surface area contributed by atoms with Crippen LogP contribution in [0.25, 0.3) is 0 Å². The summed E-state index contributed by atoms with van der Waals surface area (Å²) in [6.07, 6.45) is 1.66. The summed E-state index contributed by atoms with van der Waals surface area (Å²) >= 11 is 0. The molecular weight excluding hydrogens is 180 g/mol. The summed E-state index contributed by atoms with van der Waals surface area (Å²) in [5.41, 5.74) is 2.86. The van der Waals surface area contributed by atoms with Crippen molar-refractivity contribution in [2.24, 2.45) is 0 Å². The summed E-state index contributed by atoms with van der Waals surface area (Å²) in [6.45, 7) is 2.29. The van der Waals surface area contributed by atoms with Gasteiger partial charge in [-0.3, -0.25) is 4.84 Å². The molecule has 1 aromatic heterocycles. The normalized spacial score (nSPS) is 11.9. The van der Waals surface area contributed by atoms with Crippen LogP contribution in [0.15, 0.2) is 22.8 Å². The minimum Gasteiger partial charge on any atom is -0.468 e. The topological polar surface area (TPSA) is 34.4 Å². The van der Waals surface area contributed by atoms with Gasteiger partial charge in [-0.2, -0.15) is 5.48 Å². The van der Waals surface area contributed by atoms with Crippen LogP contribution in [-0.4, -0.2) is 38.8 Å². The first kappa shape index (κ1) is 11.2. The number of hydrogen-bond donors (Lipinski definition) is 1. The van der Waals surface area contributed by atoms with Crippen LogP contribution in [0.1, 0.15) is 5.76 Å². The van der Waals surface area contributed by atoms with Crippen LogP contribution < -0.4 is 5.48 Å². The van der Waals surface area contributed by atoms with Crippen LogP contribution in [0.3, 0.4) is 0 Å². The molecule has 14 heavy (non-hydrogen) atoms. The van der Waals surface area contributed by atoms with Gasteiger partial charge in [-0.05, 0) is 12.1 Å². The highest BCUT2D eigenvalue weighted by Gasteiger charge is 2.05. The van der Waals surface area contributed by atoms with E-state index in [-0.39, 0.29) is 0 Å². The van der Waals surface area contributed by atoms with Crippen molar-refractivity contribution >= 4 is 0 Å². The zero-order valence-electron chi connectivity index (χ0n) is 9.12. The van der Waals surface area contributed by atoms with Crippen molar-refractivity contribution in [2.75, 3.05) is 34.3 Å². The van der Waals surface area contributed by atoms with Crippen molar-refractivity contribution in [1.29, 1.82) is 0 Å². The third-order valence-corrected chi connectivity index (χ3v) is 1.79. The van der Waals surface area contributed by atoms with Gasteiger partial charge in [0, 0.05) is 0 Å². The molecule has 0 bridgehead atoms. The molecule has 0 aromatic carbocycles. The monoisotopic (exact) mass is 199 g/mol. The number of hydroxylamine groups is 1. The molecule has 0 unspecified atom stereocenters. The van der Waals surface area contributed by atoms with E-state index in [4.69, 9.17) is 9.25 Å². The maximum absolute atomic E-state index is 5.26. The Hall–Kier alpha value is -0.840.